The van der Waals surface area contributed by atoms with E-state index in [1.54, 1.807) is 13.8 Å². The van der Waals surface area contributed by atoms with Gasteiger partial charge >= 0.3 is 0 Å². The maximum absolute atomic E-state index is 11.5. The fourth-order valence-electron chi connectivity index (χ4n) is 1.21. The Morgan fingerprint density at radius 2 is 1.81 bits per heavy atom. The van der Waals surface area contributed by atoms with Gasteiger partial charge in [0.05, 0.1) is 4.75 Å². The molecule has 0 aliphatic heterocycles. The predicted molar refractivity (Wildman–Crippen MR) is 68.6 cm³/mol. The Labute approximate surface area is 97.8 Å². The van der Waals surface area contributed by atoms with E-state index in [0.29, 0.717) is 6.54 Å². The minimum absolute atomic E-state index is 0.413. The molecule has 16 heavy (non-hydrogen) atoms. The molecule has 1 rings (SSSR count). The van der Waals surface area contributed by atoms with E-state index >= 15 is 0 Å². The first-order valence-corrected chi connectivity index (χ1v) is 7.12. The molecule has 0 aliphatic carbocycles. The molecule has 90 valence electrons. The minimum atomic E-state index is -3.05. The summed E-state index contributed by atoms with van der Waals surface area (Å²) in [7, 11) is -3.05. The summed E-state index contributed by atoms with van der Waals surface area (Å²) in [4.78, 5) is 0. The highest BCUT2D eigenvalue weighted by molar-refractivity contribution is 7.92. The lowest BCUT2D eigenvalue weighted by atomic mass is 10.1. The predicted octanol–water partition coefficient (Wildman–Crippen LogP) is 2.23. The SMILES string of the molecule is Cc1ccccc1NCC(C)(C)S(C)(=O)=O. The van der Waals surface area contributed by atoms with Crippen molar-refractivity contribution < 1.29 is 8.42 Å². The van der Waals surface area contributed by atoms with E-state index in [1.807, 2.05) is 31.2 Å². The van der Waals surface area contributed by atoms with E-state index in [9.17, 15) is 8.42 Å². The second-order valence-electron chi connectivity index (χ2n) is 4.70. The molecule has 0 spiro atoms. The van der Waals surface area contributed by atoms with Gasteiger partial charge in [0.25, 0.3) is 0 Å². The van der Waals surface area contributed by atoms with Crippen LogP contribution in [0.15, 0.2) is 24.3 Å². The molecule has 0 heterocycles. The molecule has 4 heteroatoms. The normalized spacial score (nSPS) is 12.5. The molecule has 0 fully saturated rings. The van der Waals surface area contributed by atoms with Crippen molar-refractivity contribution in [1.82, 2.24) is 0 Å². The molecule has 0 atom stereocenters. The molecule has 0 bridgehead atoms. The average Bonchev–Trinajstić information content (AvgIpc) is 2.15. The van der Waals surface area contributed by atoms with E-state index in [4.69, 9.17) is 0 Å². The van der Waals surface area contributed by atoms with Crippen LogP contribution in [0.4, 0.5) is 5.69 Å². The summed E-state index contributed by atoms with van der Waals surface area (Å²) in [5.74, 6) is 0. The Bertz CT molecular complexity index is 464. The van der Waals surface area contributed by atoms with Gasteiger partial charge in [-0.2, -0.15) is 0 Å². The van der Waals surface area contributed by atoms with Crippen molar-refractivity contribution in [3.05, 3.63) is 29.8 Å². The molecule has 0 aromatic heterocycles. The van der Waals surface area contributed by atoms with Crippen LogP contribution >= 0.6 is 0 Å². The van der Waals surface area contributed by atoms with Gasteiger partial charge < -0.3 is 5.32 Å². The number of benzene rings is 1. The first kappa shape index (κ1) is 13.0. The van der Waals surface area contributed by atoms with Crippen molar-refractivity contribution in [2.75, 3.05) is 18.1 Å². The van der Waals surface area contributed by atoms with Gasteiger partial charge in [0.2, 0.25) is 0 Å². The number of aryl methyl sites for hydroxylation is 1. The minimum Gasteiger partial charge on any atom is -0.383 e. The van der Waals surface area contributed by atoms with E-state index in [0.717, 1.165) is 11.3 Å². The molecular weight excluding hydrogens is 222 g/mol. The smallest absolute Gasteiger partial charge is 0.154 e. The summed E-state index contributed by atoms with van der Waals surface area (Å²) >= 11 is 0. The van der Waals surface area contributed by atoms with Gasteiger partial charge in [0.15, 0.2) is 9.84 Å². The largest absolute Gasteiger partial charge is 0.383 e. The molecule has 0 saturated heterocycles. The lowest BCUT2D eigenvalue weighted by Crippen LogP contribution is -2.38. The number of para-hydroxylation sites is 1. The molecule has 1 N–H and O–H groups in total. The zero-order valence-corrected chi connectivity index (χ0v) is 11.1. The Morgan fingerprint density at radius 1 is 1.25 bits per heavy atom. The van der Waals surface area contributed by atoms with Crippen LogP contribution in [0, 0.1) is 6.92 Å². The Kier molecular flexibility index (Phi) is 3.63. The summed E-state index contributed by atoms with van der Waals surface area (Å²) in [6.07, 6.45) is 1.27. The zero-order valence-electron chi connectivity index (χ0n) is 10.2. The highest BCUT2D eigenvalue weighted by Gasteiger charge is 2.29. The summed E-state index contributed by atoms with van der Waals surface area (Å²) in [6, 6.07) is 7.84. The maximum Gasteiger partial charge on any atom is 0.154 e. The van der Waals surface area contributed by atoms with E-state index in [-0.39, 0.29) is 0 Å². The number of nitrogens with one attached hydrogen (secondary N) is 1. The number of sulfone groups is 1. The van der Waals surface area contributed by atoms with Crippen LogP contribution in [0.1, 0.15) is 19.4 Å². The van der Waals surface area contributed by atoms with Gasteiger partial charge in [-0.05, 0) is 32.4 Å². The van der Waals surface area contributed by atoms with Crippen molar-refractivity contribution in [3.63, 3.8) is 0 Å². The molecule has 0 saturated carbocycles. The van der Waals surface area contributed by atoms with E-state index in [2.05, 4.69) is 5.32 Å². The van der Waals surface area contributed by atoms with Crippen LogP contribution in [0.25, 0.3) is 0 Å². The molecule has 0 radical (unpaired) electrons. The molecule has 0 amide bonds. The van der Waals surface area contributed by atoms with Crippen LogP contribution < -0.4 is 5.32 Å². The van der Waals surface area contributed by atoms with Gasteiger partial charge in [-0.1, -0.05) is 18.2 Å². The Hall–Kier alpha value is -1.03. The topological polar surface area (TPSA) is 46.2 Å². The lowest BCUT2D eigenvalue weighted by molar-refractivity contribution is 0.560. The van der Waals surface area contributed by atoms with Gasteiger partial charge in [-0.15, -0.1) is 0 Å². The molecular formula is C12H19NO2S. The van der Waals surface area contributed by atoms with Gasteiger partial charge in [0, 0.05) is 18.5 Å². The van der Waals surface area contributed by atoms with Crippen LogP contribution in [0.3, 0.4) is 0 Å². The molecule has 1 aromatic rings. The summed E-state index contributed by atoms with van der Waals surface area (Å²) in [5.41, 5.74) is 2.10. The van der Waals surface area contributed by atoms with Crippen LogP contribution in [0.2, 0.25) is 0 Å². The number of hydrogen-bond acceptors (Lipinski definition) is 3. The molecule has 0 aliphatic rings. The third-order valence-electron chi connectivity index (χ3n) is 2.85. The van der Waals surface area contributed by atoms with E-state index < -0.39 is 14.6 Å². The fourth-order valence-corrected chi connectivity index (χ4v) is 1.54. The van der Waals surface area contributed by atoms with Crippen molar-refractivity contribution in [3.8, 4) is 0 Å². The summed E-state index contributed by atoms with van der Waals surface area (Å²) in [5, 5.41) is 3.18. The number of rotatable bonds is 4. The summed E-state index contributed by atoms with van der Waals surface area (Å²) < 4.78 is 22.3. The van der Waals surface area contributed by atoms with E-state index in [1.165, 1.54) is 6.26 Å². The molecule has 1 aromatic carbocycles. The van der Waals surface area contributed by atoms with Crippen molar-refractivity contribution in [1.29, 1.82) is 0 Å². The lowest BCUT2D eigenvalue weighted by Gasteiger charge is -2.23. The molecule has 3 nitrogen and oxygen atoms in total. The standard InChI is InChI=1S/C12H19NO2S/c1-10-7-5-6-8-11(10)13-9-12(2,3)16(4,14)15/h5-8,13H,9H2,1-4H3. The third-order valence-corrected chi connectivity index (χ3v) is 5.01. The van der Waals surface area contributed by atoms with Crippen molar-refractivity contribution in [2.24, 2.45) is 0 Å². The first-order valence-electron chi connectivity index (χ1n) is 5.23. The quantitative estimate of drug-likeness (QED) is 0.879. The second-order valence-corrected chi connectivity index (χ2v) is 7.35. The van der Waals surface area contributed by atoms with Crippen LogP contribution in [-0.2, 0) is 9.84 Å². The molecule has 0 unspecified atom stereocenters. The Morgan fingerprint density at radius 3 is 2.31 bits per heavy atom. The van der Waals surface area contributed by atoms with Crippen molar-refractivity contribution >= 4 is 15.5 Å². The monoisotopic (exact) mass is 241 g/mol. The second kappa shape index (κ2) is 4.45. The third kappa shape index (κ3) is 2.98. The van der Waals surface area contributed by atoms with Gasteiger partial charge in [-0.25, -0.2) is 8.42 Å². The first-order chi connectivity index (χ1) is 7.24. The fraction of sp³-hybridized carbons (Fsp3) is 0.500. The van der Waals surface area contributed by atoms with Crippen molar-refractivity contribution in [2.45, 2.75) is 25.5 Å². The maximum atomic E-state index is 11.5. The summed E-state index contributed by atoms with van der Waals surface area (Å²) in [6.45, 7) is 5.87. The van der Waals surface area contributed by atoms with Crippen LogP contribution in [0.5, 0.6) is 0 Å². The van der Waals surface area contributed by atoms with Gasteiger partial charge in [-0.3, -0.25) is 0 Å². The van der Waals surface area contributed by atoms with Gasteiger partial charge in [0.1, 0.15) is 0 Å². The number of anilines is 1. The number of hydrogen-bond donors (Lipinski definition) is 1. The Balaban J connectivity index is 2.77. The zero-order chi connectivity index (χ0) is 12.4. The van der Waals surface area contributed by atoms with Crippen LogP contribution in [-0.4, -0.2) is 26.0 Å². The highest BCUT2D eigenvalue weighted by Crippen LogP contribution is 2.18. The highest BCUT2D eigenvalue weighted by atomic mass is 32.2. The average molecular weight is 241 g/mol.